The Hall–Kier alpha value is -2.63. The first-order valence-electron chi connectivity index (χ1n) is 8.02. The monoisotopic (exact) mass is 328 g/mol. The molecule has 1 aromatic carbocycles. The van der Waals surface area contributed by atoms with Gasteiger partial charge in [0.15, 0.2) is 5.78 Å². The Bertz CT molecular complexity index is 700. The number of carbonyl (C=O) groups excluding carboxylic acids is 3. The molecule has 1 spiro atoms. The number of ether oxygens (including phenoxy) is 1. The number of amides is 2. The largest absolute Gasteiger partial charge is 0.484 e. The van der Waals surface area contributed by atoms with Crippen LogP contribution in [0.1, 0.15) is 29.6 Å². The van der Waals surface area contributed by atoms with E-state index >= 15 is 0 Å². The fraction of sp³-hybridized carbons (Fsp3) is 0.389. The SMILES string of the molecule is C=CC(=O)NCCC(=O)N1CCC2(CC(=O)c3ccccc3O2)C1. The summed E-state index contributed by atoms with van der Waals surface area (Å²) >= 11 is 0. The van der Waals surface area contributed by atoms with E-state index in [4.69, 9.17) is 4.74 Å². The topological polar surface area (TPSA) is 75.7 Å². The van der Waals surface area contributed by atoms with Crippen LogP contribution in [-0.2, 0) is 9.59 Å². The molecule has 126 valence electrons. The third kappa shape index (κ3) is 3.18. The second kappa shape index (κ2) is 6.47. The summed E-state index contributed by atoms with van der Waals surface area (Å²) in [5.41, 5.74) is -0.00844. The normalized spacial score (nSPS) is 22.0. The average Bonchev–Trinajstić information content (AvgIpc) is 2.97. The number of hydrogen-bond donors (Lipinski definition) is 1. The summed E-state index contributed by atoms with van der Waals surface area (Å²) in [6.07, 6.45) is 2.33. The molecular formula is C18H20N2O4. The number of nitrogens with zero attached hydrogens (tertiary/aromatic N) is 1. The van der Waals surface area contributed by atoms with Gasteiger partial charge in [0.2, 0.25) is 11.8 Å². The van der Waals surface area contributed by atoms with Crippen molar-refractivity contribution in [1.82, 2.24) is 10.2 Å². The maximum atomic E-state index is 12.4. The molecule has 6 heteroatoms. The highest BCUT2D eigenvalue weighted by Crippen LogP contribution is 2.38. The molecule has 1 saturated heterocycles. The van der Waals surface area contributed by atoms with Crippen LogP contribution in [0, 0.1) is 0 Å². The minimum Gasteiger partial charge on any atom is -0.484 e. The van der Waals surface area contributed by atoms with Crippen molar-refractivity contribution in [2.24, 2.45) is 0 Å². The Labute approximate surface area is 140 Å². The lowest BCUT2D eigenvalue weighted by atomic mass is 9.89. The number of likely N-dealkylation sites (tertiary alicyclic amines) is 1. The lowest BCUT2D eigenvalue weighted by molar-refractivity contribution is -0.131. The molecule has 1 N–H and O–H groups in total. The summed E-state index contributed by atoms with van der Waals surface area (Å²) in [5.74, 6) is 0.315. The van der Waals surface area contributed by atoms with Crippen molar-refractivity contribution in [3.8, 4) is 5.75 Å². The van der Waals surface area contributed by atoms with E-state index in [-0.39, 0.29) is 30.6 Å². The Kier molecular flexibility index (Phi) is 4.38. The van der Waals surface area contributed by atoms with Gasteiger partial charge in [-0.25, -0.2) is 0 Å². The second-order valence-corrected chi connectivity index (χ2v) is 6.19. The highest BCUT2D eigenvalue weighted by atomic mass is 16.5. The molecule has 0 bridgehead atoms. The predicted octanol–water partition coefficient (Wildman–Crippen LogP) is 1.32. The van der Waals surface area contributed by atoms with Gasteiger partial charge in [-0.15, -0.1) is 0 Å². The lowest BCUT2D eigenvalue weighted by Gasteiger charge is -2.34. The Morgan fingerprint density at radius 3 is 2.96 bits per heavy atom. The van der Waals surface area contributed by atoms with E-state index in [9.17, 15) is 14.4 Å². The molecule has 1 unspecified atom stereocenters. The number of rotatable bonds is 4. The van der Waals surface area contributed by atoms with E-state index in [1.807, 2.05) is 12.1 Å². The molecule has 0 aromatic heterocycles. The van der Waals surface area contributed by atoms with Gasteiger partial charge >= 0.3 is 0 Å². The van der Waals surface area contributed by atoms with Gasteiger partial charge in [-0.2, -0.15) is 0 Å². The minimum absolute atomic E-state index is 0.0499. The quantitative estimate of drug-likeness (QED) is 0.846. The van der Waals surface area contributed by atoms with Crippen LogP contribution in [0.2, 0.25) is 0 Å². The van der Waals surface area contributed by atoms with Gasteiger partial charge in [0.25, 0.3) is 0 Å². The Balaban J connectivity index is 1.61. The molecule has 3 rings (SSSR count). The zero-order valence-electron chi connectivity index (χ0n) is 13.4. The molecule has 2 heterocycles. The number of ketones is 1. The van der Waals surface area contributed by atoms with Crippen LogP contribution < -0.4 is 10.1 Å². The molecule has 24 heavy (non-hydrogen) atoms. The van der Waals surface area contributed by atoms with Crippen LogP contribution in [0.5, 0.6) is 5.75 Å². The second-order valence-electron chi connectivity index (χ2n) is 6.19. The highest BCUT2D eigenvalue weighted by molar-refractivity contribution is 6.00. The first kappa shape index (κ1) is 16.2. The van der Waals surface area contributed by atoms with E-state index in [1.54, 1.807) is 17.0 Å². The molecule has 6 nitrogen and oxygen atoms in total. The van der Waals surface area contributed by atoms with Crippen molar-refractivity contribution < 1.29 is 19.1 Å². The van der Waals surface area contributed by atoms with E-state index in [0.29, 0.717) is 37.2 Å². The Morgan fingerprint density at radius 1 is 1.38 bits per heavy atom. The van der Waals surface area contributed by atoms with Crippen molar-refractivity contribution in [3.63, 3.8) is 0 Å². The van der Waals surface area contributed by atoms with Gasteiger partial charge in [0.05, 0.1) is 18.5 Å². The van der Waals surface area contributed by atoms with Crippen molar-refractivity contribution in [3.05, 3.63) is 42.5 Å². The Morgan fingerprint density at radius 2 is 2.17 bits per heavy atom. The fourth-order valence-corrected chi connectivity index (χ4v) is 3.25. The van der Waals surface area contributed by atoms with Crippen LogP contribution in [0.3, 0.4) is 0 Å². The molecule has 1 aromatic rings. The van der Waals surface area contributed by atoms with E-state index in [1.165, 1.54) is 6.08 Å². The fourth-order valence-electron chi connectivity index (χ4n) is 3.25. The molecule has 0 radical (unpaired) electrons. The van der Waals surface area contributed by atoms with Crippen LogP contribution in [0.15, 0.2) is 36.9 Å². The number of para-hydroxylation sites is 1. The van der Waals surface area contributed by atoms with Crippen LogP contribution in [0.25, 0.3) is 0 Å². The maximum absolute atomic E-state index is 12.4. The van der Waals surface area contributed by atoms with E-state index < -0.39 is 5.60 Å². The molecule has 2 amide bonds. The van der Waals surface area contributed by atoms with Crippen molar-refractivity contribution in [2.45, 2.75) is 24.9 Å². The lowest BCUT2D eigenvalue weighted by Crippen LogP contribution is -2.45. The first-order valence-corrected chi connectivity index (χ1v) is 8.02. The first-order chi connectivity index (χ1) is 11.5. The van der Waals surface area contributed by atoms with Gasteiger partial charge in [-0.05, 0) is 18.2 Å². The summed E-state index contributed by atoms with van der Waals surface area (Å²) in [6.45, 7) is 4.60. The number of fused-ring (bicyclic) bond motifs is 1. The standard InChI is InChI=1S/C18H20N2O4/c1-2-16(22)19-9-7-17(23)20-10-8-18(12-20)11-14(21)13-5-3-4-6-15(13)24-18/h2-6H,1,7-12H2,(H,19,22). The third-order valence-corrected chi connectivity index (χ3v) is 4.49. The third-order valence-electron chi connectivity index (χ3n) is 4.49. The molecule has 2 aliphatic rings. The zero-order chi connectivity index (χ0) is 17.2. The van der Waals surface area contributed by atoms with E-state index in [0.717, 1.165) is 0 Å². The van der Waals surface area contributed by atoms with Gasteiger partial charge in [-0.3, -0.25) is 14.4 Å². The zero-order valence-corrected chi connectivity index (χ0v) is 13.4. The van der Waals surface area contributed by atoms with E-state index in [2.05, 4.69) is 11.9 Å². The summed E-state index contributed by atoms with van der Waals surface area (Å²) < 4.78 is 6.09. The summed E-state index contributed by atoms with van der Waals surface area (Å²) in [5, 5.41) is 2.59. The van der Waals surface area contributed by atoms with Crippen molar-refractivity contribution >= 4 is 17.6 Å². The number of nitrogens with one attached hydrogen (secondary N) is 1. The maximum Gasteiger partial charge on any atom is 0.243 e. The summed E-state index contributed by atoms with van der Waals surface area (Å²) in [7, 11) is 0. The molecule has 0 saturated carbocycles. The summed E-state index contributed by atoms with van der Waals surface area (Å²) in [4.78, 5) is 37.4. The van der Waals surface area contributed by atoms with Gasteiger partial charge < -0.3 is 15.0 Å². The van der Waals surface area contributed by atoms with Crippen molar-refractivity contribution in [1.29, 1.82) is 0 Å². The van der Waals surface area contributed by atoms with Crippen molar-refractivity contribution in [2.75, 3.05) is 19.6 Å². The number of benzene rings is 1. The highest BCUT2D eigenvalue weighted by Gasteiger charge is 2.46. The predicted molar refractivity (Wildman–Crippen MR) is 87.8 cm³/mol. The van der Waals surface area contributed by atoms with Crippen LogP contribution in [0.4, 0.5) is 0 Å². The molecule has 1 fully saturated rings. The van der Waals surface area contributed by atoms with Gasteiger partial charge in [0, 0.05) is 25.9 Å². The number of Topliss-reactive ketones (excluding diaryl/α,β-unsaturated/α-hetero) is 1. The molecular weight excluding hydrogens is 308 g/mol. The summed E-state index contributed by atoms with van der Waals surface area (Å²) in [6, 6.07) is 7.22. The smallest absolute Gasteiger partial charge is 0.243 e. The van der Waals surface area contributed by atoms with Crippen LogP contribution >= 0.6 is 0 Å². The number of carbonyl (C=O) groups is 3. The van der Waals surface area contributed by atoms with Crippen LogP contribution in [-0.4, -0.2) is 47.7 Å². The molecule has 2 aliphatic heterocycles. The average molecular weight is 328 g/mol. The molecule has 0 aliphatic carbocycles. The van der Waals surface area contributed by atoms with Gasteiger partial charge in [0.1, 0.15) is 11.4 Å². The number of hydrogen-bond acceptors (Lipinski definition) is 4. The minimum atomic E-state index is -0.620. The van der Waals surface area contributed by atoms with Gasteiger partial charge in [-0.1, -0.05) is 18.7 Å². The molecule has 1 atom stereocenters.